The normalized spacial score (nSPS) is 25.6. The second kappa shape index (κ2) is 7.61. The Kier molecular flexibility index (Phi) is 6.23. The fourth-order valence-electron chi connectivity index (χ4n) is 2.44. The van der Waals surface area contributed by atoms with E-state index in [2.05, 4.69) is 10.1 Å². The van der Waals surface area contributed by atoms with Crippen molar-refractivity contribution in [1.29, 1.82) is 0 Å². The summed E-state index contributed by atoms with van der Waals surface area (Å²) in [5, 5.41) is 2.41. The lowest BCUT2D eigenvalue weighted by Gasteiger charge is -2.40. The highest BCUT2D eigenvalue weighted by atomic mass is 32.5. The molecule has 0 unspecified atom stereocenters. The van der Waals surface area contributed by atoms with Crippen LogP contribution in [0.15, 0.2) is 29.2 Å². The van der Waals surface area contributed by atoms with Crippen molar-refractivity contribution in [2.45, 2.75) is 31.3 Å². The summed E-state index contributed by atoms with van der Waals surface area (Å²) in [5.74, 6) is -1.81. The number of carbonyl (C=O) groups is 2. The number of phosphoric ester groups is 1. The molecule has 1 fully saturated rings. The summed E-state index contributed by atoms with van der Waals surface area (Å²) >= 11 is 0. The van der Waals surface area contributed by atoms with Gasteiger partial charge in [-0.15, -0.1) is 0 Å². The van der Waals surface area contributed by atoms with Crippen molar-refractivity contribution in [1.82, 2.24) is 5.32 Å². The van der Waals surface area contributed by atoms with Gasteiger partial charge in [0, 0.05) is 12.0 Å². The van der Waals surface area contributed by atoms with Gasteiger partial charge in [-0.2, -0.15) is 0 Å². The zero-order valence-electron chi connectivity index (χ0n) is 16.6. The number of esters is 1. The van der Waals surface area contributed by atoms with Gasteiger partial charge in [0.2, 0.25) is 0 Å². The Morgan fingerprint density at radius 1 is 1.19 bits per heavy atom. The van der Waals surface area contributed by atoms with E-state index in [0.717, 1.165) is 0 Å². The molecule has 1 aromatic carbocycles. The third-order valence-corrected chi connectivity index (χ3v) is 6.63. The van der Waals surface area contributed by atoms with Crippen molar-refractivity contribution in [3.8, 4) is 5.75 Å². The van der Waals surface area contributed by atoms with Crippen molar-refractivity contribution in [3.05, 3.63) is 24.3 Å². The molecule has 1 aliphatic heterocycles. The highest BCUT2D eigenvalue weighted by molar-refractivity contribution is 8.45. The maximum absolute atomic E-state index is 12.8. The second-order valence-electron chi connectivity index (χ2n) is 7.34. The Morgan fingerprint density at radius 2 is 1.77 bits per heavy atom. The van der Waals surface area contributed by atoms with Gasteiger partial charge in [0.05, 0.1) is 20.1 Å². The summed E-state index contributed by atoms with van der Waals surface area (Å²) in [7, 11) is -13.2. The molecule has 1 aromatic rings. The van der Waals surface area contributed by atoms with Crippen LogP contribution >= 0.6 is 18.0 Å². The Hall–Kier alpha value is -1.89. The number of amides is 1. The summed E-state index contributed by atoms with van der Waals surface area (Å²) < 4.78 is 96.4. The Balaban J connectivity index is 2.12. The second-order valence-corrected chi connectivity index (χ2v) is 11.3. The van der Waals surface area contributed by atoms with Gasteiger partial charge < -0.3 is 14.6 Å². The Morgan fingerprint density at radius 3 is 2.29 bits per heavy atom. The monoisotopic (exact) mass is 497 g/mol. The largest absolute Gasteiger partial charge is 0.530 e. The molecule has 15 heteroatoms. The number of rotatable bonds is 7. The van der Waals surface area contributed by atoms with E-state index in [-0.39, 0.29) is 31.7 Å². The lowest BCUT2D eigenvalue weighted by atomic mass is 9.87. The topological polar surface area (TPSA) is 100 Å². The van der Waals surface area contributed by atoms with Crippen LogP contribution in [-0.2, 0) is 27.9 Å². The molecule has 178 valence electrons. The van der Waals surface area contributed by atoms with Gasteiger partial charge in [-0.3, -0.25) is 18.6 Å². The van der Waals surface area contributed by atoms with Gasteiger partial charge in [0.15, 0.2) is 6.10 Å². The average Bonchev–Trinajstić information content (AvgIpc) is 2.62. The van der Waals surface area contributed by atoms with Crippen LogP contribution in [0.1, 0.15) is 20.3 Å². The number of halogens is 5. The zero-order valence-corrected chi connectivity index (χ0v) is 18.3. The van der Waals surface area contributed by atoms with E-state index in [0.29, 0.717) is 12.1 Å². The molecule has 1 saturated heterocycles. The van der Waals surface area contributed by atoms with Gasteiger partial charge in [0.25, 0.3) is 5.91 Å². The average molecular weight is 497 g/mol. The van der Waals surface area contributed by atoms with Crippen LogP contribution in [0.4, 0.5) is 19.4 Å². The quantitative estimate of drug-likeness (QED) is 0.323. The van der Waals surface area contributed by atoms with Crippen LogP contribution in [0.3, 0.4) is 0 Å². The molecular weight excluding hydrogens is 476 g/mol. The van der Waals surface area contributed by atoms with E-state index in [9.17, 15) is 33.6 Å². The van der Waals surface area contributed by atoms with E-state index in [4.69, 9.17) is 13.6 Å². The van der Waals surface area contributed by atoms with Crippen LogP contribution in [0.2, 0.25) is 0 Å². The Labute approximate surface area is 174 Å². The van der Waals surface area contributed by atoms with E-state index >= 15 is 0 Å². The van der Waals surface area contributed by atoms with Gasteiger partial charge in [-0.05, 0) is 24.3 Å². The van der Waals surface area contributed by atoms with Gasteiger partial charge in [0.1, 0.15) is 10.6 Å². The molecule has 0 bridgehead atoms. The number of nitrogens with one attached hydrogen (secondary N) is 1. The number of methoxy groups -OCH3 is 1. The molecular formula is C16H21F5NO7PS. The number of hydrogen-bond acceptors (Lipinski definition) is 7. The van der Waals surface area contributed by atoms with Crippen LogP contribution in [0, 0.1) is 5.41 Å². The highest BCUT2D eigenvalue weighted by Crippen LogP contribution is 3.02. The van der Waals surface area contributed by atoms with Crippen molar-refractivity contribution < 1.29 is 51.9 Å². The molecule has 0 aromatic heterocycles. The third-order valence-electron chi connectivity index (χ3n) is 4.12. The molecule has 0 aliphatic carbocycles. The van der Waals surface area contributed by atoms with Gasteiger partial charge in [-0.1, -0.05) is 33.3 Å². The first-order valence-electron chi connectivity index (χ1n) is 8.66. The summed E-state index contributed by atoms with van der Waals surface area (Å²) in [6.45, 7) is 2.74. The van der Waals surface area contributed by atoms with Gasteiger partial charge in [-0.25, -0.2) is 4.57 Å². The van der Waals surface area contributed by atoms with Crippen LogP contribution in [0.25, 0.3) is 0 Å². The highest BCUT2D eigenvalue weighted by Gasteiger charge is 2.65. The Bertz CT molecular complexity index is 908. The minimum Gasteiger partial charge on any atom is -0.469 e. The van der Waals surface area contributed by atoms with Crippen molar-refractivity contribution >= 4 is 29.9 Å². The molecule has 31 heavy (non-hydrogen) atoms. The lowest BCUT2D eigenvalue weighted by Crippen LogP contribution is -2.50. The predicted octanol–water partition coefficient (Wildman–Crippen LogP) is 4.95. The first-order valence-corrected chi connectivity index (χ1v) is 12.1. The molecule has 8 nitrogen and oxygen atoms in total. The van der Waals surface area contributed by atoms with E-state index in [1.54, 1.807) is 13.8 Å². The molecule has 1 heterocycles. The SMILES string of the molecule is COC(=O)CCNC(=O)[C@@H]1O[P@@](=O)(Oc2ccc(S(F)(F)(F)(F)F)cc2)OCC1(C)C. The smallest absolute Gasteiger partial charge is 0.469 e. The van der Waals surface area contributed by atoms with Crippen molar-refractivity contribution in [3.63, 3.8) is 0 Å². The molecule has 2 rings (SSSR count). The van der Waals surface area contributed by atoms with Crippen molar-refractivity contribution in [2.75, 3.05) is 20.3 Å². The van der Waals surface area contributed by atoms with Crippen LogP contribution < -0.4 is 9.84 Å². The number of benzene rings is 1. The minimum absolute atomic E-state index is 0.0773. The maximum Gasteiger partial charge on any atom is 0.530 e. The molecule has 1 amide bonds. The van der Waals surface area contributed by atoms with Crippen LogP contribution in [-0.4, -0.2) is 38.2 Å². The molecule has 0 saturated carbocycles. The first-order chi connectivity index (χ1) is 13.8. The summed E-state index contributed by atoms with van der Waals surface area (Å²) in [6.07, 6.45) is -1.49. The van der Waals surface area contributed by atoms with Gasteiger partial charge >= 0.3 is 24.0 Å². The molecule has 0 radical (unpaired) electrons. The standard InChI is InChI=1S/C16H21F5NO7PS/c1-16(2)10-27-30(25,29-14(16)15(24)22-9-8-13(23)26-3)28-11-4-6-12(7-5-11)31(17,18,19,20)21/h4-7,14H,8-10H2,1-3H3,(H,22,24)/t14-,30+/m0/s1. The first kappa shape index (κ1) is 25.4. The fourth-order valence-corrected chi connectivity index (χ4v) is 4.76. The molecule has 0 spiro atoms. The summed E-state index contributed by atoms with van der Waals surface area (Å²) in [5.41, 5.74) is -0.987. The fraction of sp³-hybridized carbons (Fsp3) is 0.500. The van der Waals surface area contributed by atoms with E-state index < -0.39 is 52.1 Å². The minimum atomic E-state index is -9.88. The van der Waals surface area contributed by atoms with E-state index in [1.807, 2.05) is 0 Å². The van der Waals surface area contributed by atoms with Crippen molar-refractivity contribution in [2.24, 2.45) is 5.41 Å². The molecule has 1 aliphatic rings. The maximum atomic E-state index is 12.8. The number of hydrogen-bond donors (Lipinski definition) is 1. The third kappa shape index (κ3) is 6.79. The summed E-state index contributed by atoms with van der Waals surface area (Å²) in [4.78, 5) is 21.4. The number of phosphoric acid groups is 1. The zero-order chi connectivity index (χ0) is 23.8. The lowest BCUT2D eigenvalue weighted by molar-refractivity contribution is -0.142. The van der Waals surface area contributed by atoms with E-state index in [1.165, 1.54) is 7.11 Å². The number of ether oxygens (including phenoxy) is 1. The number of carbonyl (C=O) groups excluding carboxylic acids is 2. The molecule has 1 N–H and O–H groups in total. The van der Waals surface area contributed by atoms with Crippen LogP contribution in [0.5, 0.6) is 5.75 Å². The predicted molar refractivity (Wildman–Crippen MR) is 100 cm³/mol. The molecule has 2 atom stereocenters. The summed E-state index contributed by atoms with van der Waals surface area (Å²) in [6, 6.07) is 1.22.